The van der Waals surface area contributed by atoms with Crippen molar-refractivity contribution in [1.29, 1.82) is 0 Å². The number of nitrogens with one attached hydrogen (secondary N) is 1. The molecule has 0 aliphatic carbocycles. The Labute approximate surface area is 124 Å². The highest BCUT2D eigenvalue weighted by Gasteiger charge is 2.10. The summed E-state index contributed by atoms with van der Waals surface area (Å²) in [5.74, 6) is 0.326. The first-order valence-electron chi connectivity index (χ1n) is 6.58. The molecular weight excluding hydrogens is 280 g/mol. The van der Waals surface area contributed by atoms with Crippen LogP contribution in [0.1, 0.15) is 6.92 Å². The van der Waals surface area contributed by atoms with Gasteiger partial charge in [0, 0.05) is 20.2 Å². The summed E-state index contributed by atoms with van der Waals surface area (Å²) in [6, 6.07) is 0. The molecule has 0 fully saturated rings. The van der Waals surface area contributed by atoms with Gasteiger partial charge in [0.1, 0.15) is 5.02 Å². The molecule has 0 saturated heterocycles. The highest BCUT2D eigenvalue weighted by molar-refractivity contribution is 6.32. The topological polar surface area (TPSA) is 59.4 Å². The summed E-state index contributed by atoms with van der Waals surface area (Å²) in [5, 5.41) is 7.45. The highest BCUT2D eigenvalue weighted by atomic mass is 35.5. The number of nitrogens with zero attached hydrogens (tertiary/aromatic N) is 3. The normalized spacial score (nSPS) is 12.7. The smallest absolute Gasteiger partial charge is 0.287 e. The van der Waals surface area contributed by atoms with Crippen LogP contribution in [0.4, 0.5) is 5.69 Å². The van der Waals surface area contributed by atoms with Gasteiger partial charge in [0.15, 0.2) is 0 Å². The number of hydrogen-bond donors (Lipinski definition) is 1. The molecule has 7 heteroatoms. The average Bonchev–Trinajstić information content (AvgIpc) is 2.39. The molecule has 1 aromatic rings. The molecule has 0 aliphatic heterocycles. The Hall–Kier alpha value is -1.11. The third-order valence-corrected chi connectivity index (χ3v) is 3.20. The minimum Gasteiger partial charge on any atom is -0.384 e. The molecule has 6 nitrogen and oxygen atoms in total. The van der Waals surface area contributed by atoms with Crippen molar-refractivity contribution >= 4 is 17.3 Å². The highest BCUT2D eigenvalue weighted by Crippen LogP contribution is 2.15. The van der Waals surface area contributed by atoms with Crippen LogP contribution in [0.25, 0.3) is 0 Å². The van der Waals surface area contributed by atoms with Crippen LogP contribution in [-0.2, 0) is 11.3 Å². The zero-order chi connectivity index (χ0) is 15.1. The Morgan fingerprint density at radius 1 is 1.55 bits per heavy atom. The number of halogens is 1. The van der Waals surface area contributed by atoms with Gasteiger partial charge in [-0.3, -0.25) is 4.79 Å². The molecule has 1 rings (SSSR count). The van der Waals surface area contributed by atoms with Crippen molar-refractivity contribution < 1.29 is 4.74 Å². The maximum atomic E-state index is 12.1. The molecule has 0 amide bonds. The summed E-state index contributed by atoms with van der Waals surface area (Å²) in [7, 11) is 5.55. The molecule has 0 radical (unpaired) electrons. The molecule has 0 aliphatic rings. The third-order valence-electron chi connectivity index (χ3n) is 2.84. The predicted octanol–water partition coefficient (Wildman–Crippen LogP) is 1.15. The van der Waals surface area contributed by atoms with E-state index < -0.39 is 0 Å². The van der Waals surface area contributed by atoms with E-state index in [4.69, 9.17) is 16.3 Å². The van der Waals surface area contributed by atoms with Crippen LogP contribution >= 0.6 is 11.6 Å². The fraction of sp³-hybridized carbons (Fsp3) is 0.692. The third kappa shape index (κ3) is 5.11. The van der Waals surface area contributed by atoms with E-state index in [1.54, 1.807) is 13.3 Å². The van der Waals surface area contributed by atoms with Crippen LogP contribution in [0.3, 0.4) is 0 Å². The van der Waals surface area contributed by atoms with E-state index in [0.717, 1.165) is 6.54 Å². The fourth-order valence-electron chi connectivity index (χ4n) is 1.67. The van der Waals surface area contributed by atoms with Crippen LogP contribution in [0, 0.1) is 5.92 Å². The lowest BCUT2D eigenvalue weighted by molar-refractivity contribution is 0.164. The summed E-state index contributed by atoms with van der Waals surface area (Å²) in [5.41, 5.74) is 0.304. The number of aromatic nitrogens is 2. The number of ether oxygens (including phenoxy) is 1. The van der Waals surface area contributed by atoms with Gasteiger partial charge in [-0.2, -0.15) is 5.10 Å². The molecule has 114 valence electrons. The van der Waals surface area contributed by atoms with Crippen molar-refractivity contribution in [3.63, 3.8) is 0 Å². The zero-order valence-electron chi connectivity index (χ0n) is 12.5. The van der Waals surface area contributed by atoms with E-state index in [1.807, 2.05) is 19.0 Å². The van der Waals surface area contributed by atoms with Gasteiger partial charge in [0.25, 0.3) is 5.56 Å². The summed E-state index contributed by atoms with van der Waals surface area (Å²) in [4.78, 5) is 14.0. The Bertz CT molecular complexity index is 476. The summed E-state index contributed by atoms with van der Waals surface area (Å²) in [6.07, 6.45) is 1.60. The lowest BCUT2D eigenvalue weighted by Gasteiger charge is -2.14. The summed E-state index contributed by atoms with van der Waals surface area (Å²) >= 11 is 6.09. The lowest BCUT2D eigenvalue weighted by atomic mass is 10.2. The minimum absolute atomic E-state index is 0.184. The molecule has 1 aromatic heterocycles. The second kappa shape index (κ2) is 8.24. The van der Waals surface area contributed by atoms with Gasteiger partial charge in [-0.15, -0.1) is 0 Å². The molecule has 1 unspecified atom stereocenters. The van der Waals surface area contributed by atoms with E-state index in [1.165, 1.54) is 4.68 Å². The Kier molecular flexibility index (Phi) is 6.98. The van der Waals surface area contributed by atoms with Crippen LogP contribution in [0.2, 0.25) is 5.02 Å². The SMILES string of the molecule is COCC(C)CNc1cnn(CCN(C)C)c(=O)c1Cl. The molecule has 1 heterocycles. The molecule has 1 atom stereocenters. The second-order valence-electron chi connectivity index (χ2n) is 5.15. The number of hydrogen-bond acceptors (Lipinski definition) is 5. The molecule has 0 spiro atoms. The maximum absolute atomic E-state index is 12.1. The van der Waals surface area contributed by atoms with Gasteiger partial charge >= 0.3 is 0 Å². The predicted molar refractivity (Wildman–Crippen MR) is 81.6 cm³/mol. The van der Waals surface area contributed by atoms with Gasteiger partial charge < -0.3 is 15.0 Å². The van der Waals surface area contributed by atoms with Crippen LogP contribution in [0.5, 0.6) is 0 Å². The minimum atomic E-state index is -0.266. The van der Waals surface area contributed by atoms with Gasteiger partial charge in [-0.25, -0.2) is 4.68 Å². The van der Waals surface area contributed by atoms with E-state index >= 15 is 0 Å². The summed E-state index contributed by atoms with van der Waals surface area (Å²) < 4.78 is 6.44. The van der Waals surface area contributed by atoms with Crippen molar-refractivity contribution in [2.75, 3.05) is 46.2 Å². The zero-order valence-corrected chi connectivity index (χ0v) is 13.3. The second-order valence-corrected chi connectivity index (χ2v) is 5.52. The maximum Gasteiger partial charge on any atom is 0.287 e. The van der Waals surface area contributed by atoms with Gasteiger partial charge in [0.05, 0.1) is 25.0 Å². The molecule has 0 aromatic carbocycles. The Morgan fingerprint density at radius 3 is 2.85 bits per heavy atom. The molecule has 0 bridgehead atoms. The fourth-order valence-corrected chi connectivity index (χ4v) is 1.88. The van der Waals surface area contributed by atoms with Gasteiger partial charge in [-0.1, -0.05) is 18.5 Å². The van der Waals surface area contributed by atoms with Crippen molar-refractivity contribution in [3.8, 4) is 0 Å². The first-order valence-corrected chi connectivity index (χ1v) is 6.96. The molecule has 20 heavy (non-hydrogen) atoms. The van der Waals surface area contributed by atoms with E-state index in [0.29, 0.717) is 31.3 Å². The van der Waals surface area contributed by atoms with Crippen molar-refractivity contribution in [2.24, 2.45) is 5.92 Å². The standard InChI is InChI=1S/C13H23ClN4O2/c1-10(9-20-4)7-15-11-8-16-18(6-5-17(2)3)13(19)12(11)14/h8,10,15H,5-7,9H2,1-4H3. The van der Waals surface area contributed by atoms with E-state index in [2.05, 4.69) is 17.3 Å². The molecular formula is C13H23ClN4O2. The quantitative estimate of drug-likeness (QED) is 0.781. The Morgan fingerprint density at radius 2 is 2.25 bits per heavy atom. The van der Waals surface area contributed by atoms with Crippen LogP contribution in [-0.4, -0.2) is 55.6 Å². The number of rotatable bonds is 8. The number of likely N-dealkylation sites (N-methyl/N-ethyl adjacent to an activating group) is 1. The lowest BCUT2D eigenvalue weighted by Crippen LogP contribution is -2.29. The van der Waals surface area contributed by atoms with Crippen LogP contribution < -0.4 is 10.9 Å². The first kappa shape index (κ1) is 16.9. The van der Waals surface area contributed by atoms with Crippen molar-refractivity contribution in [3.05, 3.63) is 21.6 Å². The number of methoxy groups -OCH3 is 1. The monoisotopic (exact) mass is 302 g/mol. The van der Waals surface area contributed by atoms with Gasteiger partial charge in [-0.05, 0) is 20.0 Å². The van der Waals surface area contributed by atoms with Crippen molar-refractivity contribution in [1.82, 2.24) is 14.7 Å². The summed E-state index contributed by atoms with van der Waals surface area (Å²) in [6.45, 7) is 4.64. The van der Waals surface area contributed by atoms with E-state index in [-0.39, 0.29) is 10.6 Å². The first-order chi connectivity index (χ1) is 9.45. The molecule has 0 saturated carbocycles. The van der Waals surface area contributed by atoms with Crippen LogP contribution in [0.15, 0.2) is 11.0 Å². The Balaban J connectivity index is 2.71. The average molecular weight is 303 g/mol. The number of anilines is 1. The largest absolute Gasteiger partial charge is 0.384 e. The van der Waals surface area contributed by atoms with E-state index in [9.17, 15) is 4.79 Å². The van der Waals surface area contributed by atoms with Crippen molar-refractivity contribution in [2.45, 2.75) is 13.5 Å². The van der Waals surface area contributed by atoms with Gasteiger partial charge in [0.2, 0.25) is 0 Å². The molecule has 1 N–H and O–H groups in total.